The van der Waals surface area contributed by atoms with Gasteiger partial charge in [0.05, 0.1) is 5.69 Å². The standard InChI is InChI=1S/C12H16N4/c13-6-1-2-8-16-9-5-12(15-16)11-4-3-7-14-10-11/h3-5,7,9-10H,1-2,6,8,13H2. The van der Waals surface area contributed by atoms with Gasteiger partial charge in [-0.2, -0.15) is 5.10 Å². The Kier molecular flexibility index (Phi) is 3.66. The maximum Gasteiger partial charge on any atom is 0.0938 e. The van der Waals surface area contributed by atoms with Crippen molar-refractivity contribution in [1.29, 1.82) is 0 Å². The van der Waals surface area contributed by atoms with Gasteiger partial charge in [0.25, 0.3) is 0 Å². The van der Waals surface area contributed by atoms with E-state index >= 15 is 0 Å². The van der Waals surface area contributed by atoms with E-state index in [9.17, 15) is 0 Å². The molecule has 0 radical (unpaired) electrons. The minimum atomic E-state index is 0.747. The summed E-state index contributed by atoms with van der Waals surface area (Å²) in [6.45, 7) is 1.67. The minimum Gasteiger partial charge on any atom is -0.330 e. The zero-order chi connectivity index (χ0) is 11.2. The third-order valence-corrected chi connectivity index (χ3v) is 2.44. The molecule has 0 saturated heterocycles. The smallest absolute Gasteiger partial charge is 0.0938 e. The molecule has 0 atom stereocenters. The molecule has 84 valence electrons. The second kappa shape index (κ2) is 5.42. The molecular weight excluding hydrogens is 200 g/mol. The number of aromatic nitrogens is 3. The molecule has 2 rings (SSSR count). The molecule has 0 saturated carbocycles. The second-order valence-electron chi connectivity index (χ2n) is 3.70. The van der Waals surface area contributed by atoms with E-state index in [1.54, 1.807) is 6.20 Å². The normalized spacial score (nSPS) is 10.6. The predicted molar refractivity (Wildman–Crippen MR) is 63.7 cm³/mol. The average molecular weight is 216 g/mol. The Morgan fingerprint density at radius 2 is 2.19 bits per heavy atom. The number of aryl methyl sites for hydroxylation is 1. The van der Waals surface area contributed by atoms with E-state index in [1.807, 2.05) is 35.3 Å². The van der Waals surface area contributed by atoms with Crippen molar-refractivity contribution in [3.05, 3.63) is 36.8 Å². The maximum absolute atomic E-state index is 5.45. The number of hydrogen-bond donors (Lipinski definition) is 1. The number of nitrogens with two attached hydrogens (primary N) is 1. The van der Waals surface area contributed by atoms with Crippen LogP contribution in [-0.2, 0) is 6.54 Å². The van der Waals surface area contributed by atoms with Crippen LogP contribution in [0.5, 0.6) is 0 Å². The molecule has 0 unspecified atom stereocenters. The molecule has 2 aromatic heterocycles. The Morgan fingerprint density at radius 3 is 2.94 bits per heavy atom. The summed E-state index contributed by atoms with van der Waals surface area (Å²) >= 11 is 0. The van der Waals surface area contributed by atoms with Crippen molar-refractivity contribution >= 4 is 0 Å². The van der Waals surface area contributed by atoms with Crippen molar-refractivity contribution in [2.45, 2.75) is 19.4 Å². The van der Waals surface area contributed by atoms with Crippen LogP contribution in [0.15, 0.2) is 36.8 Å². The molecule has 2 aromatic rings. The Morgan fingerprint density at radius 1 is 1.25 bits per heavy atom. The van der Waals surface area contributed by atoms with Crippen molar-refractivity contribution in [2.24, 2.45) is 5.73 Å². The highest BCUT2D eigenvalue weighted by molar-refractivity contribution is 5.56. The van der Waals surface area contributed by atoms with E-state index in [0.29, 0.717) is 0 Å². The number of pyridine rings is 1. The highest BCUT2D eigenvalue weighted by Crippen LogP contribution is 2.14. The largest absolute Gasteiger partial charge is 0.330 e. The van der Waals surface area contributed by atoms with Gasteiger partial charge >= 0.3 is 0 Å². The van der Waals surface area contributed by atoms with Crippen molar-refractivity contribution < 1.29 is 0 Å². The number of rotatable bonds is 5. The van der Waals surface area contributed by atoms with Crippen molar-refractivity contribution in [3.8, 4) is 11.3 Å². The van der Waals surface area contributed by atoms with Crippen LogP contribution in [0.25, 0.3) is 11.3 Å². The fourth-order valence-electron chi connectivity index (χ4n) is 1.57. The third kappa shape index (κ3) is 2.67. The first-order chi connectivity index (χ1) is 7.90. The lowest BCUT2D eigenvalue weighted by Gasteiger charge is -1.99. The fraction of sp³-hybridized carbons (Fsp3) is 0.333. The highest BCUT2D eigenvalue weighted by Gasteiger charge is 2.01. The summed E-state index contributed by atoms with van der Waals surface area (Å²) < 4.78 is 1.96. The van der Waals surface area contributed by atoms with E-state index in [2.05, 4.69) is 10.1 Å². The molecule has 16 heavy (non-hydrogen) atoms. The number of hydrogen-bond acceptors (Lipinski definition) is 3. The molecule has 0 amide bonds. The predicted octanol–water partition coefficient (Wildman–Crippen LogP) is 1.68. The summed E-state index contributed by atoms with van der Waals surface area (Å²) in [6.07, 6.45) is 7.71. The van der Waals surface area contributed by atoms with Crippen LogP contribution in [0.1, 0.15) is 12.8 Å². The van der Waals surface area contributed by atoms with E-state index < -0.39 is 0 Å². The summed E-state index contributed by atoms with van der Waals surface area (Å²) in [6, 6.07) is 5.95. The molecular formula is C12H16N4. The van der Waals surface area contributed by atoms with Gasteiger partial charge in [-0.1, -0.05) is 0 Å². The summed E-state index contributed by atoms with van der Waals surface area (Å²) in [5, 5.41) is 4.49. The van der Waals surface area contributed by atoms with E-state index in [-0.39, 0.29) is 0 Å². The molecule has 0 aliphatic carbocycles. The Labute approximate surface area is 95.1 Å². The van der Waals surface area contributed by atoms with Gasteiger partial charge < -0.3 is 5.73 Å². The topological polar surface area (TPSA) is 56.7 Å². The van der Waals surface area contributed by atoms with Crippen LogP contribution in [0.3, 0.4) is 0 Å². The fourth-order valence-corrected chi connectivity index (χ4v) is 1.57. The Balaban J connectivity index is 2.02. The van der Waals surface area contributed by atoms with Crippen LogP contribution in [-0.4, -0.2) is 21.3 Å². The van der Waals surface area contributed by atoms with Crippen LogP contribution < -0.4 is 5.73 Å². The first kappa shape index (κ1) is 10.8. The molecule has 0 aliphatic rings. The van der Waals surface area contributed by atoms with Crippen molar-refractivity contribution in [3.63, 3.8) is 0 Å². The van der Waals surface area contributed by atoms with E-state index in [1.165, 1.54) is 0 Å². The van der Waals surface area contributed by atoms with Crippen LogP contribution >= 0.6 is 0 Å². The van der Waals surface area contributed by atoms with Gasteiger partial charge in [0.1, 0.15) is 0 Å². The van der Waals surface area contributed by atoms with Crippen molar-refractivity contribution in [2.75, 3.05) is 6.54 Å². The molecule has 0 bridgehead atoms. The van der Waals surface area contributed by atoms with Gasteiger partial charge in [0.15, 0.2) is 0 Å². The number of nitrogens with zero attached hydrogens (tertiary/aromatic N) is 3. The zero-order valence-corrected chi connectivity index (χ0v) is 9.21. The third-order valence-electron chi connectivity index (χ3n) is 2.44. The quantitative estimate of drug-likeness (QED) is 0.774. The molecule has 2 N–H and O–H groups in total. The summed E-state index contributed by atoms with van der Waals surface area (Å²) in [7, 11) is 0. The summed E-state index contributed by atoms with van der Waals surface area (Å²) in [4.78, 5) is 4.08. The SMILES string of the molecule is NCCCCn1ccc(-c2cccnc2)n1. The highest BCUT2D eigenvalue weighted by atomic mass is 15.3. The van der Waals surface area contributed by atoms with Crippen LogP contribution in [0.4, 0.5) is 0 Å². The first-order valence-corrected chi connectivity index (χ1v) is 5.54. The Bertz CT molecular complexity index is 422. The zero-order valence-electron chi connectivity index (χ0n) is 9.21. The van der Waals surface area contributed by atoms with Gasteiger partial charge in [-0.15, -0.1) is 0 Å². The minimum absolute atomic E-state index is 0.747. The van der Waals surface area contributed by atoms with E-state index in [4.69, 9.17) is 5.73 Å². The lowest BCUT2D eigenvalue weighted by Crippen LogP contribution is -2.03. The molecule has 0 spiro atoms. The second-order valence-corrected chi connectivity index (χ2v) is 3.70. The van der Waals surface area contributed by atoms with Gasteiger partial charge in [-0.25, -0.2) is 0 Å². The molecule has 4 heteroatoms. The maximum atomic E-state index is 5.45. The molecule has 0 aromatic carbocycles. The monoisotopic (exact) mass is 216 g/mol. The first-order valence-electron chi connectivity index (χ1n) is 5.54. The van der Waals surface area contributed by atoms with E-state index in [0.717, 1.165) is 37.2 Å². The average Bonchev–Trinajstić information content (AvgIpc) is 2.79. The lowest BCUT2D eigenvalue weighted by atomic mass is 10.2. The van der Waals surface area contributed by atoms with Crippen LogP contribution in [0, 0.1) is 0 Å². The summed E-state index contributed by atoms with van der Waals surface area (Å²) in [5.41, 5.74) is 7.48. The van der Waals surface area contributed by atoms with Crippen LogP contribution in [0.2, 0.25) is 0 Å². The lowest BCUT2D eigenvalue weighted by molar-refractivity contribution is 0.563. The van der Waals surface area contributed by atoms with Gasteiger partial charge in [-0.05, 0) is 37.6 Å². The molecule has 0 fully saturated rings. The van der Waals surface area contributed by atoms with Gasteiger partial charge in [0.2, 0.25) is 0 Å². The van der Waals surface area contributed by atoms with Crippen molar-refractivity contribution in [1.82, 2.24) is 14.8 Å². The summed E-state index contributed by atoms with van der Waals surface area (Å²) in [5.74, 6) is 0. The molecule has 4 nitrogen and oxygen atoms in total. The Hall–Kier alpha value is -1.68. The van der Waals surface area contributed by atoms with Gasteiger partial charge in [0, 0.05) is 30.7 Å². The molecule has 2 heterocycles. The number of unbranched alkanes of at least 4 members (excludes halogenated alkanes) is 1. The molecule has 0 aliphatic heterocycles. The van der Waals surface area contributed by atoms with Gasteiger partial charge in [-0.3, -0.25) is 9.67 Å².